The Morgan fingerprint density at radius 1 is 1.32 bits per heavy atom. The Labute approximate surface area is 112 Å². The van der Waals surface area contributed by atoms with Crippen LogP contribution in [0.15, 0.2) is 12.1 Å². The van der Waals surface area contributed by atoms with Gasteiger partial charge in [-0.3, -0.25) is 4.79 Å². The van der Waals surface area contributed by atoms with Crippen molar-refractivity contribution in [2.45, 2.75) is 45.6 Å². The lowest BCUT2D eigenvalue weighted by Crippen LogP contribution is -2.33. The van der Waals surface area contributed by atoms with Gasteiger partial charge in [0.05, 0.1) is 5.56 Å². The van der Waals surface area contributed by atoms with Crippen LogP contribution in [0.5, 0.6) is 0 Å². The molecule has 106 valence electrons. The van der Waals surface area contributed by atoms with Gasteiger partial charge in [0.1, 0.15) is 0 Å². The summed E-state index contributed by atoms with van der Waals surface area (Å²) in [5, 5.41) is 2.73. The van der Waals surface area contributed by atoms with Gasteiger partial charge in [0.15, 0.2) is 11.6 Å². The van der Waals surface area contributed by atoms with Crippen molar-refractivity contribution in [1.29, 1.82) is 0 Å². The minimum Gasteiger partial charge on any atom is -0.398 e. The zero-order valence-electron chi connectivity index (χ0n) is 11.3. The summed E-state index contributed by atoms with van der Waals surface area (Å²) in [6, 6.07) is 1.64. The number of benzene rings is 1. The van der Waals surface area contributed by atoms with Crippen LogP contribution in [-0.2, 0) is 0 Å². The molecule has 0 aromatic heterocycles. The zero-order valence-corrected chi connectivity index (χ0v) is 11.3. The van der Waals surface area contributed by atoms with Gasteiger partial charge in [0.2, 0.25) is 0 Å². The number of anilines is 1. The average molecular weight is 270 g/mol. The summed E-state index contributed by atoms with van der Waals surface area (Å²) >= 11 is 0. The minimum absolute atomic E-state index is 0.0217. The highest BCUT2D eigenvalue weighted by molar-refractivity contribution is 5.99. The van der Waals surface area contributed by atoms with Crippen LogP contribution in [0, 0.1) is 11.6 Å². The number of carbonyl (C=O) groups is 1. The van der Waals surface area contributed by atoms with Crippen LogP contribution in [0.25, 0.3) is 0 Å². The van der Waals surface area contributed by atoms with Crippen molar-refractivity contribution in [2.24, 2.45) is 0 Å². The number of halogens is 2. The minimum atomic E-state index is -1.07. The largest absolute Gasteiger partial charge is 0.398 e. The van der Waals surface area contributed by atoms with Crippen LogP contribution < -0.4 is 11.1 Å². The third kappa shape index (κ3) is 4.50. The predicted octanol–water partition coefficient (Wildman–Crippen LogP) is 3.25. The number of amides is 1. The Balaban J connectivity index is 2.65. The molecule has 3 nitrogen and oxygen atoms in total. The summed E-state index contributed by atoms with van der Waals surface area (Å²) in [6.45, 7) is 3.98. The first-order valence-electron chi connectivity index (χ1n) is 6.51. The van der Waals surface area contributed by atoms with Crippen molar-refractivity contribution in [3.8, 4) is 0 Å². The molecule has 0 bridgehead atoms. The SMILES string of the molecule is CCCCCC(C)NC(=O)c1cc(F)c(F)cc1N. The molecule has 1 amide bonds. The van der Waals surface area contributed by atoms with Crippen molar-refractivity contribution >= 4 is 11.6 Å². The normalized spacial score (nSPS) is 12.2. The molecule has 1 rings (SSSR count). The second kappa shape index (κ2) is 7.07. The molecule has 0 aliphatic carbocycles. The maximum absolute atomic E-state index is 13.1. The van der Waals surface area contributed by atoms with E-state index in [9.17, 15) is 13.6 Å². The summed E-state index contributed by atoms with van der Waals surface area (Å²) in [5.41, 5.74) is 5.44. The van der Waals surface area contributed by atoms with E-state index < -0.39 is 17.5 Å². The van der Waals surface area contributed by atoms with Crippen LogP contribution in [0.1, 0.15) is 49.9 Å². The molecule has 0 aliphatic rings. The highest BCUT2D eigenvalue weighted by Crippen LogP contribution is 2.17. The number of rotatable bonds is 6. The molecule has 0 heterocycles. The molecular formula is C14H20F2N2O. The number of unbranched alkanes of at least 4 members (excludes halogenated alkanes) is 2. The Bertz CT molecular complexity index is 449. The molecule has 19 heavy (non-hydrogen) atoms. The molecule has 0 aliphatic heterocycles. The maximum atomic E-state index is 13.1. The monoisotopic (exact) mass is 270 g/mol. The summed E-state index contributed by atoms with van der Waals surface area (Å²) in [5.74, 6) is -2.59. The summed E-state index contributed by atoms with van der Waals surface area (Å²) < 4.78 is 26.0. The summed E-state index contributed by atoms with van der Waals surface area (Å²) in [7, 11) is 0. The molecule has 0 saturated carbocycles. The fraction of sp³-hybridized carbons (Fsp3) is 0.500. The number of hydrogen-bond donors (Lipinski definition) is 2. The van der Waals surface area contributed by atoms with Crippen LogP contribution in [0.2, 0.25) is 0 Å². The van der Waals surface area contributed by atoms with Gasteiger partial charge in [-0.25, -0.2) is 8.78 Å². The fourth-order valence-corrected chi connectivity index (χ4v) is 1.83. The van der Waals surface area contributed by atoms with E-state index in [0.717, 1.165) is 37.8 Å². The third-order valence-electron chi connectivity index (χ3n) is 2.96. The molecule has 0 radical (unpaired) electrons. The van der Waals surface area contributed by atoms with E-state index in [1.807, 2.05) is 6.92 Å². The standard InChI is InChI=1S/C14H20F2N2O/c1-3-4-5-6-9(2)18-14(19)10-7-11(15)12(16)8-13(10)17/h7-9H,3-6,17H2,1-2H3,(H,18,19). The Morgan fingerprint density at radius 3 is 2.58 bits per heavy atom. The second-order valence-electron chi connectivity index (χ2n) is 4.72. The Kier molecular flexibility index (Phi) is 5.73. The topological polar surface area (TPSA) is 55.1 Å². The van der Waals surface area contributed by atoms with Gasteiger partial charge in [-0.2, -0.15) is 0 Å². The number of nitrogens with two attached hydrogens (primary N) is 1. The molecule has 5 heteroatoms. The Hall–Kier alpha value is -1.65. The molecule has 0 spiro atoms. The van der Waals surface area contributed by atoms with E-state index in [2.05, 4.69) is 12.2 Å². The number of nitrogens with one attached hydrogen (secondary N) is 1. The van der Waals surface area contributed by atoms with E-state index in [-0.39, 0.29) is 17.3 Å². The van der Waals surface area contributed by atoms with Crippen molar-refractivity contribution in [2.75, 3.05) is 5.73 Å². The van der Waals surface area contributed by atoms with Crippen LogP contribution in [-0.4, -0.2) is 11.9 Å². The number of nitrogen functional groups attached to an aromatic ring is 1. The van der Waals surface area contributed by atoms with Gasteiger partial charge < -0.3 is 11.1 Å². The number of carbonyl (C=O) groups excluding carboxylic acids is 1. The Morgan fingerprint density at radius 2 is 1.95 bits per heavy atom. The van der Waals surface area contributed by atoms with E-state index >= 15 is 0 Å². The van der Waals surface area contributed by atoms with Gasteiger partial charge in [-0.05, 0) is 19.4 Å². The molecule has 1 unspecified atom stereocenters. The molecule has 1 aromatic carbocycles. The average Bonchev–Trinajstić information content (AvgIpc) is 2.34. The van der Waals surface area contributed by atoms with E-state index in [1.165, 1.54) is 0 Å². The van der Waals surface area contributed by atoms with Crippen molar-refractivity contribution in [1.82, 2.24) is 5.32 Å². The van der Waals surface area contributed by atoms with Gasteiger partial charge >= 0.3 is 0 Å². The number of hydrogen-bond acceptors (Lipinski definition) is 2. The first kappa shape index (κ1) is 15.4. The lowest BCUT2D eigenvalue weighted by atomic mass is 10.1. The van der Waals surface area contributed by atoms with E-state index in [0.29, 0.717) is 0 Å². The molecule has 0 fully saturated rings. The van der Waals surface area contributed by atoms with Gasteiger partial charge in [0.25, 0.3) is 5.91 Å². The third-order valence-corrected chi connectivity index (χ3v) is 2.96. The molecule has 1 atom stereocenters. The van der Waals surface area contributed by atoms with Crippen LogP contribution in [0.3, 0.4) is 0 Å². The van der Waals surface area contributed by atoms with Gasteiger partial charge in [0, 0.05) is 17.8 Å². The quantitative estimate of drug-likeness (QED) is 0.616. The zero-order chi connectivity index (χ0) is 14.4. The lowest BCUT2D eigenvalue weighted by Gasteiger charge is -2.14. The van der Waals surface area contributed by atoms with Crippen LogP contribution >= 0.6 is 0 Å². The fourth-order valence-electron chi connectivity index (χ4n) is 1.83. The first-order valence-corrected chi connectivity index (χ1v) is 6.51. The lowest BCUT2D eigenvalue weighted by molar-refractivity contribution is 0.0938. The van der Waals surface area contributed by atoms with E-state index in [4.69, 9.17) is 5.73 Å². The second-order valence-corrected chi connectivity index (χ2v) is 4.72. The van der Waals surface area contributed by atoms with Crippen molar-refractivity contribution in [3.05, 3.63) is 29.3 Å². The maximum Gasteiger partial charge on any atom is 0.253 e. The smallest absolute Gasteiger partial charge is 0.253 e. The van der Waals surface area contributed by atoms with Crippen molar-refractivity contribution in [3.63, 3.8) is 0 Å². The molecule has 3 N–H and O–H groups in total. The molecular weight excluding hydrogens is 250 g/mol. The highest BCUT2D eigenvalue weighted by atomic mass is 19.2. The summed E-state index contributed by atoms with van der Waals surface area (Å²) in [4.78, 5) is 11.9. The first-order chi connectivity index (χ1) is 8.95. The summed E-state index contributed by atoms with van der Waals surface area (Å²) in [6.07, 6.45) is 4.08. The van der Waals surface area contributed by atoms with E-state index in [1.54, 1.807) is 0 Å². The molecule has 0 saturated heterocycles. The molecule has 1 aromatic rings. The van der Waals surface area contributed by atoms with Gasteiger partial charge in [-0.1, -0.05) is 26.2 Å². The highest BCUT2D eigenvalue weighted by Gasteiger charge is 2.15. The predicted molar refractivity (Wildman–Crippen MR) is 71.8 cm³/mol. The van der Waals surface area contributed by atoms with Crippen molar-refractivity contribution < 1.29 is 13.6 Å². The van der Waals surface area contributed by atoms with Gasteiger partial charge in [-0.15, -0.1) is 0 Å². The van der Waals surface area contributed by atoms with Crippen LogP contribution in [0.4, 0.5) is 14.5 Å².